The molecule has 5 nitrogen and oxygen atoms in total. The molecular formula is C14H17N3O2S. The Morgan fingerprint density at radius 3 is 2.95 bits per heavy atom. The number of fused-ring (bicyclic) bond motifs is 1. The predicted molar refractivity (Wildman–Crippen MR) is 76.1 cm³/mol. The van der Waals surface area contributed by atoms with Crippen LogP contribution in [0.15, 0.2) is 47.6 Å². The number of nitrogens with zero attached hydrogens (tertiary/aromatic N) is 2. The van der Waals surface area contributed by atoms with Gasteiger partial charge in [0, 0.05) is 24.5 Å². The maximum atomic E-state index is 12.1. The van der Waals surface area contributed by atoms with Gasteiger partial charge < -0.3 is 5.32 Å². The van der Waals surface area contributed by atoms with Crippen molar-refractivity contribution in [1.29, 1.82) is 0 Å². The van der Waals surface area contributed by atoms with E-state index in [0.717, 1.165) is 5.56 Å². The third-order valence-electron chi connectivity index (χ3n) is 3.52. The molecule has 2 heterocycles. The van der Waals surface area contributed by atoms with E-state index in [9.17, 15) is 8.42 Å². The highest BCUT2D eigenvalue weighted by atomic mass is 32.2. The summed E-state index contributed by atoms with van der Waals surface area (Å²) < 4.78 is 26.0. The summed E-state index contributed by atoms with van der Waals surface area (Å²) >= 11 is 0. The van der Waals surface area contributed by atoms with Gasteiger partial charge in [-0.25, -0.2) is 8.42 Å². The zero-order chi connectivity index (χ0) is 14.2. The van der Waals surface area contributed by atoms with E-state index < -0.39 is 9.84 Å². The Morgan fingerprint density at radius 2 is 2.20 bits per heavy atom. The average Bonchev–Trinajstić information content (AvgIpc) is 2.98. The minimum atomic E-state index is -3.15. The molecule has 1 aliphatic rings. The molecule has 0 aliphatic carbocycles. The Bertz CT molecular complexity index is 695. The Hall–Kier alpha value is -1.66. The van der Waals surface area contributed by atoms with Crippen LogP contribution in [-0.4, -0.2) is 30.0 Å². The molecule has 1 N–H and O–H groups in total. The largest absolute Gasteiger partial charge is 0.305 e. The molecule has 0 fully saturated rings. The van der Waals surface area contributed by atoms with E-state index in [2.05, 4.69) is 10.4 Å². The highest BCUT2D eigenvalue weighted by Crippen LogP contribution is 2.33. The van der Waals surface area contributed by atoms with Crippen LogP contribution in [-0.2, 0) is 16.4 Å². The summed E-state index contributed by atoms with van der Waals surface area (Å²) in [6.45, 7) is 2.75. The Balaban J connectivity index is 1.76. The Kier molecular flexibility index (Phi) is 3.35. The van der Waals surface area contributed by atoms with Gasteiger partial charge in [-0.15, -0.1) is 0 Å². The van der Waals surface area contributed by atoms with Gasteiger partial charge in [-0.05, 0) is 24.6 Å². The number of hydrogen-bond acceptors (Lipinski definition) is 4. The second-order valence-corrected chi connectivity index (χ2v) is 7.17. The predicted octanol–water partition coefficient (Wildman–Crippen LogP) is 1.39. The number of sulfone groups is 1. The molecule has 1 aromatic heterocycles. The molecule has 3 rings (SSSR count). The summed E-state index contributed by atoms with van der Waals surface area (Å²) in [6.07, 6.45) is 3.64. The van der Waals surface area contributed by atoms with Crippen LogP contribution in [0.2, 0.25) is 0 Å². The van der Waals surface area contributed by atoms with Crippen LogP contribution in [0.4, 0.5) is 0 Å². The van der Waals surface area contributed by atoms with Crippen molar-refractivity contribution in [3.63, 3.8) is 0 Å². The molecule has 0 amide bonds. The van der Waals surface area contributed by atoms with Crippen molar-refractivity contribution in [3.8, 4) is 0 Å². The number of rotatable bonds is 4. The third-order valence-corrected chi connectivity index (χ3v) is 5.34. The van der Waals surface area contributed by atoms with Gasteiger partial charge in [0.2, 0.25) is 0 Å². The van der Waals surface area contributed by atoms with Crippen LogP contribution in [0.1, 0.15) is 18.5 Å². The van der Waals surface area contributed by atoms with Gasteiger partial charge in [-0.3, -0.25) is 4.68 Å². The molecule has 2 unspecified atom stereocenters. The first-order chi connectivity index (χ1) is 9.56. The molecule has 2 atom stereocenters. The molecular weight excluding hydrogens is 274 g/mol. The molecule has 0 saturated heterocycles. The maximum absolute atomic E-state index is 12.1. The lowest BCUT2D eigenvalue weighted by Crippen LogP contribution is -2.34. The molecule has 20 heavy (non-hydrogen) atoms. The van der Waals surface area contributed by atoms with E-state index in [4.69, 9.17) is 0 Å². The van der Waals surface area contributed by atoms with Crippen molar-refractivity contribution >= 4 is 9.84 Å². The summed E-state index contributed by atoms with van der Waals surface area (Å²) in [5.74, 6) is 0.135. The SMILES string of the molecule is CC(Cn1cccn1)NC1CS(=O)(=O)c2ccccc21. The Morgan fingerprint density at radius 1 is 1.40 bits per heavy atom. The van der Waals surface area contributed by atoms with E-state index in [1.165, 1.54) is 0 Å². The maximum Gasteiger partial charge on any atom is 0.180 e. The normalized spacial score (nSPS) is 21.6. The lowest BCUT2D eigenvalue weighted by atomic mass is 10.1. The fourth-order valence-electron chi connectivity index (χ4n) is 2.67. The van der Waals surface area contributed by atoms with Crippen molar-refractivity contribution in [2.45, 2.75) is 30.4 Å². The number of hydrogen-bond donors (Lipinski definition) is 1. The smallest absolute Gasteiger partial charge is 0.180 e. The third kappa shape index (κ3) is 2.48. The van der Waals surface area contributed by atoms with Crippen molar-refractivity contribution in [2.24, 2.45) is 0 Å². The van der Waals surface area contributed by atoms with Crippen LogP contribution in [0.5, 0.6) is 0 Å². The van der Waals surface area contributed by atoms with Gasteiger partial charge in [-0.1, -0.05) is 18.2 Å². The fourth-order valence-corrected chi connectivity index (χ4v) is 4.42. The highest BCUT2D eigenvalue weighted by Gasteiger charge is 2.34. The van der Waals surface area contributed by atoms with Crippen LogP contribution in [0.3, 0.4) is 0 Å². The van der Waals surface area contributed by atoms with Gasteiger partial charge in [0.1, 0.15) is 0 Å². The van der Waals surface area contributed by atoms with E-state index in [1.807, 2.05) is 36.0 Å². The monoisotopic (exact) mass is 291 g/mol. The molecule has 6 heteroatoms. The van der Waals surface area contributed by atoms with Crippen LogP contribution >= 0.6 is 0 Å². The molecule has 106 valence electrons. The molecule has 0 saturated carbocycles. The standard InChI is InChI=1S/C14H17N3O2S/c1-11(9-17-8-4-7-15-17)16-13-10-20(18,19)14-6-3-2-5-12(13)14/h2-8,11,13,16H,9-10H2,1H3. The number of aromatic nitrogens is 2. The van der Waals surface area contributed by atoms with Crippen molar-refractivity contribution in [3.05, 3.63) is 48.3 Å². The van der Waals surface area contributed by atoms with Crippen LogP contribution in [0, 0.1) is 0 Å². The molecule has 0 radical (unpaired) electrons. The molecule has 0 spiro atoms. The molecule has 1 aromatic carbocycles. The average molecular weight is 291 g/mol. The molecule has 2 aromatic rings. The molecule has 1 aliphatic heterocycles. The zero-order valence-electron chi connectivity index (χ0n) is 11.2. The van der Waals surface area contributed by atoms with Crippen molar-refractivity contribution in [1.82, 2.24) is 15.1 Å². The summed E-state index contributed by atoms with van der Waals surface area (Å²) in [7, 11) is -3.15. The van der Waals surface area contributed by atoms with Crippen molar-refractivity contribution in [2.75, 3.05) is 5.75 Å². The second kappa shape index (κ2) is 5.03. The lowest BCUT2D eigenvalue weighted by molar-refractivity contribution is 0.415. The quantitative estimate of drug-likeness (QED) is 0.924. The van der Waals surface area contributed by atoms with Gasteiger partial charge in [0.05, 0.1) is 17.2 Å². The number of benzene rings is 1. The Labute approximate surface area is 118 Å². The topological polar surface area (TPSA) is 64.0 Å². The first-order valence-electron chi connectivity index (χ1n) is 6.61. The van der Waals surface area contributed by atoms with Gasteiger partial charge in [0.25, 0.3) is 0 Å². The van der Waals surface area contributed by atoms with E-state index >= 15 is 0 Å². The molecule has 0 bridgehead atoms. The zero-order valence-corrected chi connectivity index (χ0v) is 12.0. The second-order valence-electron chi connectivity index (χ2n) is 5.17. The van der Waals surface area contributed by atoms with Gasteiger partial charge in [0.15, 0.2) is 9.84 Å². The summed E-state index contributed by atoms with van der Waals surface area (Å²) in [5, 5.41) is 7.55. The fraction of sp³-hybridized carbons (Fsp3) is 0.357. The van der Waals surface area contributed by atoms with E-state index in [0.29, 0.717) is 11.4 Å². The van der Waals surface area contributed by atoms with E-state index in [-0.39, 0.29) is 17.8 Å². The van der Waals surface area contributed by atoms with E-state index in [1.54, 1.807) is 18.3 Å². The first kappa shape index (κ1) is 13.3. The van der Waals surface area contributed by atoms with Crippen LogP contribution in [0.25, 0.3) is 0 Å². The summed E-state index contributed by atoms with van der Waals surface area (Å²) in [5.41, 5.74) is 0.875. The lowest BCUT2D eigenvalue weighted by Gasteiger charge is -2.19. The minimum Gasteiger partial charge on any atom is -0.305 e. The minimum absolute atomic E-state index is 0.135. The van der Waals surface area contributed by atoms with Crippen molar-refractivity contribution < 1.29 is 8.42 Å². The van der Waals surface area contributed by atoms with Crippen LogP contribution < -0.4 is 5.32 Å². The highest BCUT2D eigenvalue weighted by molar-refractivity contribution is 7.91. The summed E-state index contributed by atoms with van der Waals surface area (Å²) in [4.78, 5) is 0.462. The number of nitrogens with one attached hydrogen (secondary N) is 1. The summed E-state index contributed by atoms with van der Waals surface area (Å²) in [6, 6.07) is 9.10. The van der Waals surface area contributed by atoms with Gasteiger partial charge in [-0.2, -0.15) is 5.10 Å². The van der Waals surface area contributed by atoms with Gasteiger partial charge >= 0.3 is 0 Å². The first-order valence-corrected chi connectivity index (χ1v) is 8.26.